The van der Waals surface area contributed by atoms with Gasteiger partial charge in [0.1, 0.15) is 24.7 Å². The Balaban J connectivity index is 1.88. The minimum atomic E-state index is -1.36. The van der Waals surface area contributed by atoms with Crippen LogP contribution in [0.2, 0.25) is 0 Å². The summed E-state index contributed by atoms with van der Waals surface area (Å²) in [7, 11) is 0. The largest absolute Gasteiger partial charge is 0.508 e. The summed E-state index contributed by atoms with van der Waals surface area (Å²) in [5.74, 6) is -2.72. The SMILES string of the molecule is O=C(O)c1ccc(O)cc1C(=O)OCOOCc1cc(O)ccc1COO. The zero-order chi connectivity index (χ0) is 19.8. The molecule has 2 aromatic rings. The monoisotopic (exact) mass is 380 g/mol. The van der Waals surface area contributed by atoms with Gasteiger partial charge in [-0.3, -0.25) is 5.26 Å². The molecule has 0 aliphatic carbocycles. The number of phenolic OH excluding ortho intramolecular Hbond substituents is 2. The Hall–Kier alpha value is -3.18. The number of carboxylic acid groups (broad SMARTS) is 1. The molecule has 4 N–H and O–H groups in total. The van der Waals surface area contributed by atoms with Crippen LogP contribution in [0.5, 0.6) is 11.5 Å². The molecule has 27 heavy (non-hydrogen) atoms. The molecule has 0 amide bonds. The fourth-order valence-electron chi connectivity index (χ4n) is 2.14. The first-order valence-electron chi connectivity index (χ1n) is 7.47. The van der Waals surface area contributed by atoms with E-state index in [1.54, 1.807) is 0 Å². The predicted molar refractivity (Wildman–Crippen MR) is 86.7 cm³/mol. The summed E-state index contributed by atoms with van der Waals surface area (Å²) < 4.78 is 4.74. The molecule has 10 heteroatoms. The smallest absolute Gasteiger partial charge is 0.341 e. The lowest BCUT2D eigenvalue weighted by Gasteiger charge is -2.10. The van der Waals surface area contributed by atoms with Gasteiger partial charge in [-0.1, -0.05) is 6.07 Å². The molecule has 0 bridgehead atoms. The van der Waals surface area contributed by atoms with Crippen LogP contribution in [0.25, 0.3) is 0 Å². The second kappa shape index (κ2) is 9.50. The average Bonchev–Trinajstić information content (AvgIpc) is 2.63. The standard InChI is InChI=1S/C17H16O10/c18-12-2-1-10(7-25-23)11(5-12)8-26-27-9-24-17(22)15-6-13(19)3-4-14(15)16(20)21/h1-6,18-19,23H,7-9H2,(H,20,21). The molecular weight excluding hydrogens is 364 g/mol. The van der Waals surface area contributed by atoms with Crippen molar-refractivity contribution in [1.82, 2.24) is 0 Å². The molecular formula is C17H16O10. The van der Waals surface area contributed by atoms with Gasteiger partial charge in [-0.2, -0.15) is 4.89 Å². The Bertz CT molecular complexity index is 817. The molecule has 144 valence electrons. The fourth-order valence-corrected chi connectivity index (χ4v) is 2.14. The van der Waals surface area contributed by atoms with Gasteiger partial charge in [0.2, 0.25) is 6.79 Å². The van der Waals surface area contributed by atoms with E-state index in [2.05, 4.69) is 4.89 Å². The van der Waals surface area contributed by atoms with Crippen molar-refractivity contribution in [2.75, 3.05) is 6.79 Å². The number of hydrogen-bond acceptors (Lipinski definition) is 9. The first kappa shape index (κ1) is 20.1. The van der Waals surface area contributed by atoms with Crippen molar-refractivity contribution >= 4 is 11.9 Å². The van der Waals surface area contributed by atoms with Crippen LogP contribution >= 0.6 is 0 Å². The van der Waals surface area contributed by atoms with Gasteiger partial charge in [-0.05, 0) is 41.5 Å². The molecule has 0 atom stereocenters. The second-order valence-corrected chi connectivity index (χ2v) is 5.19. The van der Waals surface area contributed by atoms with Crippen molar-refractivity contribution in [2.45, 2.75) is 13.2 Å². The summed E-state index contributed by atoms with van der Waals surface area (Å²) in [6.07, 6.45) is 0. The summed E-state index contributed by atoms with van der Waals surface area (Å²) in [4.78, 5) is 36.6. The number of benzene rings is 2. The molecule has 2 aromatic carbocycles. The van der Waals surface area contributed by atoms with Crippen LogP contribution in [0.3, 0.4) is 0 Å². The molecule has 0 radical (unpaired) electrons. The highest BCUT2D eigenvalue weighted by molar-refractivity contribution is 6.02. The van der Waals surface area contributed by atoms with E-state index in [-0.39, 0.29) is 35.8 Å². The van der Waals surface area contributed by atoms with E-state index in [0.717, 1.165) is 18.2 Å². The molecule has 0 aliphatic heterocycles. The predicted octanol–water partition coefficient (Wildman–Crippen LogP) is 2.05. The second-order valence-electron chi connectivity index (χ2n) is 5.19. The molecule has 0 aromatic heterocycles. The maximum absolute atomic E-state index is 11.9. The van der Waals surface area contributed by atoms with E-state index >= 15 is 0 Å². The van der Waals surface area contributed by atoms with Crippen LogP contribution in [-0.4, -0.2) is 39.3 Å². The number of aromatic hydroxyl groups is 2. The highest BCUT2D eigenvalue weighted by atomic mass is 17.2. The van der Waals surface area contributed by atoms with Crippen molar-refractivity contribution < 1.29 is 49.6 Å². The van der Waals surface area contributed by atoms with Crippen LogP contribution in [0.1, 0.15) is 31.8 Å². The van der Waals surface area contributed by atoms with Gasteiger partial charge in [0.25, 0.3) is 0 Å². The normalized spacial score (nSPS) is 10.6. The van der Waals surface area contributed by atoms with Crippen LogP contribution in [0.4, 0.5) is 0 Å². The van der Waals surface area contributed by atoms with Gasteiger partial charge < -0.3 is 20.1 Å². The lowest BCUT2D eigenvalue weighted by molar-refractivity contribution is -0.335. The third-order valence-corrected chi connectivity index (χ3v) is 3.40. The molecule has 0 aliphatic rings. The molecule has 0 saturated carbocycles. The number of phenols is 2. The Morgan fingerprint density at radius 1 is 0.852 bits per heavy atom. The minimum Gasteiger partial charge on any atom is -0.508 e. The van der Waals surface area contributed by atoms with Crippen molar-refractivity contribution in [3.05, 3.63) is 58.7 Å². The van der Waals surface area contributed by atoms with E-state index in [1.165, 1.54) is 18.2 Å². The summed E-state index contributed by atoms with van der Waals surface area (Å²) >= 11 is 0. The third-order valence-electron chi connectivity index (χ3n) is 3.40. The van der Waals surface area contributed by atoms with Crippen molar-refractivity contribution in [1.29, 1.82) is 0 Å². The molecule has 0 saturated heterocycles. The van der Waals surface area contributed by atoms with Gasteiger partial charge >= 0.3 is 11.9 Å². The van der Waals surface area contributed by atoms with Gasteiger partial charge in [-0.25, -0.2) is 19.4 Å². The van der Waals surface area contributed by atoms with Gasteiger partial charge in [0.15, 0.2) is 0 Å². The minimum absolute atomic E-state index is 0.0354. The van der Waals surface area contributed by atoms with E-state index < -0.39 is 18.7 Å². The van der Waals surface area contributed by atoms with Gasteiger partial charge in [0, 0.05) is 0 Å². The maximum atomic E-state index is 11.9. The van der Waals surface area contributed by atoms with E-state index in [1.807, 2.05) is 0 Å². The summed E-state index contributed by atoms with van der Waals surface area (Å²) in [6.45, 7) is -0.946. The highest BCUT2D eigenvalue weighted by Crippen LogP contribution is 2.19. The van der Waals surface area contributed by atoms with Gasteiger partial charge in [0.05, 0.1) is 11.1 Å². The van der Waals surface area contributed by atoms with Crippen LogP contribution in [0, 0.1) is 0 Å². The number of hydrogen-bond donors (Lipinski definition) is 4. The molecule has 0 heterocycles. The summed E-state index contributed by atoms with van der Waals surface area (Å²) in [6, 6.07) is 7.44. The average molecular weight is 380 g/mol. The Morgan fingerprint density at radius 3 is 2.26 bits per heavy atom. The number of esters is 1. The molecule has 10 nitrogen and oxygen atoms in total. The Morgan fingerprint density at radius 2 is 1.56 bits per heavy atom. The lowest BCUT2D eigenvalue weighted by Crippen LogP contribution is -2.13. The van der Waals surface area contributed by atoms with Crippen molar-refractivity contribution in [2.24, 2.45) is 0 Å². The number of carboxylic acids is 1. The third kappa shape index (κ3) is 5.66. The zero-order valence-corrected chi connectivity index (χ0v) is 13.8. The number of carbonyl (C=O) groups excluding carboxylic acids is 1. The van der Waals surface area contributed by atoms with Crippen molar-refractivity contribution in [3.8, 4) is 11.5 Å². The Kier molecular flexibility index (Phi) is 7.08. The Labute approximate surface area is 152 Å². The number of ether oxygens (including phenoxy) is 1. The number of aromatic carboxylic acids is 1. The van der Waals surface area contributed by atoms with E-state index in [4.69, 9.17) is 24.9 Å². The maximum Gasteiger partial charge on any atom is 0.341 e. The molecule has 0 spiro atoms. The van der Waals surface area contributed by atoms with Crippen LogP contribution < -0.4 is 0 Å². The van der Waals surface area contributed by atoms with Crippen molar-refractivity contribution in [3.63, 3.8) is 0 Å². The van der Waals surface area contributed by atoms with E-state index in [9.17, 15) is 19.8 Å². The van der Waals surface area contributed by atoms with Crippen LogP contribution in [0.15, 0.2) is 36.4 Å². The molecule has 0 unspecified atom stereocenters. The lowest BCUT2D eigenvalue weighted by atomic mass is 10.1. The number of rotatable bonds is 9. The van der Waals surface area contributed by atoms with Gasteiger partial charge in [-0.15, -0.1) is 0 Å². The molecule has 0 fully saturated rings. The highest BCUT2D eigenvalue weighted by Gasteiger charge is 2.18. The topological polar surface area (TPSA) is 152 Å². The molecule has 2 rings (SSSR count). The van der Waals surface area contributed by atoms with E-state index in [0.29, 0.717) is 11.1 Å². The zero-order valence-electron chi connectivity index (χ0n) is 13.8. The van der Waals surface area contributed by atoms with Crippen LogP contribution in [-0.2, 0) is 32.6 Å². The first-order chi connectivity index (χ1) is 12.9. The summed E-state index contributed by atoms with van der Waals surface area (Å²) in [5, 5.41) is 36.4. The first-order valence-corrected chi connectivity index (χ1v) is 7.47. The quantitative estimate of drug-likeness (QED) is 0.167. The number of carbonyl (C=O) groups is 2. The fraction of sp³-hybridized carbons (Fsp3) is 0.176. The summed E-state index contributed by atoms with van der Waals surface area (Å²) in [5.41, 5.74) is 0.298.